The summed E-state index contributed by atoms with van der Waals surface area (Å²) in [6.45, 7) is 15.0. The van der Waals surface area contributed by atoms with Crippen molar-refractivity contribution in [2.45, 2.75) is 98.6 Å². The summed E-state index contributed by atoms with van der Waals surface area (Å²) >= 11 is 0. The maximum absolute atomic E-state index is 11.6. The topological polar surface area (TPSA) is 102 Å². The average molecular weight is 430 g/mol. The van der Waals surface area contributed by atoms with Crippen molar-refractivity contribution in [2.24, 2.45) is 17.6 Å². The van der Waals surface area contributed by atoms with E-state index in [1.54, 1.807) is 7.11 Å². The molecule has 0 bridgehead atoms. The molecule has 0 spiro atoms. The molecule has 3 amide bonds. The number of hydrogen-bond donors (Lipinski definition) is 2. The van der Waals surface area contributed by atoms with Crippen LogP contribution in [0.5, 0.6) is 0 Å². The van der Waals surface area contributed by atoms with Crippen molar-refractivity contribution in [1.82, 2.24) is 10.2 Å². The molecule has 0 aromatic heterocycles. The van der Waals surface area contributed by atoms with Crippen molar-refractivity contribution in [1.29, 1.82) is 0 Å². The average Bonchev–Trinajstić information content (AvgIpc) is 3.10. The fourth-order valence-electron chi connectivity index (χ4n) is 3.60. The number of nitrogens with one attached hydrogen (secondary N) is 1. The SMILES string of the molecule is CC.CC.CC(C)C.COC1CCCC1.NC(=O)C12CC1CCN2C(=O)CNC=O. The number of methoxy groups -OCH3 is 1. The first kappa shape index (κ1) is 30.6. The predicted molar refractivity (Wildman–Crippen MR) is 123 cm³/mol. The van der Waals surface area contributed by atoms with Gasteiger partial charge < -0.3 is 20.7 Å². The standard InChI is InChI=1S/C9H13N3O3.C6H12O.C4H10.2C2H6/c10-8(15)9-3-6(9)1-2-12(9)7(14)4-11-5-13;1-7-6-4-2-3-5-6;1-4(2)3;2*1-2/h5-6H,1-4H2,(H2,10,15)(H,11,13);6H,2-5H2,1H3;4H,1-3H3;2*1-2H3. The minimum absolute atomic E-state index is 0.0642. The van der Waals surface area contributed by atoms with Crippen LogP contribution in [0.25, 0.3) is 0 Å². The Balaban J connectivity index is 0. The largest absolute Gasteiger partial charge is 0.381 e. The van der Waals surface area contributed by atoms with Crippen molar-refractivity contribution in [2.75, 3.05) is 20.2 Å². The second-order valence-electron chi connectivity index (χ2n) is 7.90. The number of primary amides is 1. The van der Waals surface area contributed by atoms with E-state index >= 15 is 0 Å². The Bertz CT molecular complexity index is 476. The van der Waals surface area contributed by atoms with Gasteiger partial charge in [0.2, 0.25) is 18.2 Å². The number of fused-ring (bicyclic) bond motifs is 1. The number of hydrogen-bond acceptors (Lipinski definition) is 4. The Morgan fingerprint density at radius 1 is 1.13 bits per heavy atom. The van der Waals surface area contributed by atoms with Gasteiger partial charge in [-0.1, -0.05) is 61.3 Å². The summed E-state index contributed by atoms with van der Waals surface area (Å²) in [5.74, 6) is 0.403. The molecule has 7 heteroatoms. The van der Waals surface area contributed by atoms with Gasteiger partial charge in [-0.05, 0) is 37.5 Å². The van der Waals surface area contributed by atoms with Crippen molar-refractivity contribution < 1.29 is 19.1 Å². The van der Waals surface area contributed by atoms with Crippen LogP contribution in [0.3, 0.4) is 0 Å². The van der Waals surface area contributed by atoms with Gasteiger partial charge in [0, 0.05) is 13.7 Å². The van der Waals surface area contributed by atoms with Crippen LogP contribution in [-0.2, 0) is 19.1 Å². The lowest BCUT2D eigenvalue weighted by atomic mass is 10.2. The molecule has 0 radical (unpaired) electrons. The molecule has 1 aliphatic heterocycles. The van der Waals surface area contributed by atoms with Crippen LogP contribution in [0.4, 0.5) is 0 Å². The fourth-order valence-corrected chi connectivity index (χ4v) is 3.60. The first-order valence-corrected chi connectivity index (χ1v) is 11.6. The Kier molecular flexibility index (Phi) is 17.4. The molecule has 30 heavy (non-hydrogen) atoms. The Morgan fingerprint density at radius 3 is 1.97 bits per heavy atom. The number of nitrogens with zero attached hydrogens (tertiary/aromatic N) is 1. The molecule has 3 fully saturated rings. The summed E-state index contributed by atoms with van der Waals surface area (Å²) in [6.07, 6.45) is 7.89. The number of likely N-dealkylation sites (tertiary alicyclic amines) is 1. The highest BCUT2D eigenvalue weighted by Crippen LogP contribution is 2.55. The van der Waals surface area contributed by atoms with Crippen LogP contribution in [-0.4, -0.2) is 55.0 Å². The summed E-state index contributed by atoms with van der Waals surface area (Å²) < 4.78 is 5.11. The number of ether oxygens (including phenoxy) is 1. The maximum Gasteiger partial charge on any atom is 0.243 e. The van der Waals surface area contributed by atoms with Gasteiger partial charge >= 0.3 is 0 Å². The van der Waals surface area contributed by atoms with Crippen molar-refractivity contribution >= 4 is 18.2 Å². The van der Waals surface area contributed by atoms with Crippen LogP contribution in [0.2, 0.25) is 0 Å². The van der Waals surface area contributed by atoms with Crippen LogP contribution in [0.1, 0.15) is 87.0 Å². The number of rotatable bonds is 5. The normalized spacial score (nSPS) is 23.1. The van der Waals surface area contributed by atoms with Gasteiger partial charge in [-0.25, -0.2) is 0 Å². The lowest BCUT2D eigenvalue weighted by Crippen LogP contribution is -2.50. The molecule has 2 aliphatic carbocycles. The third-order valence-electron chi connectivity index (χ3n) is 4.96. The third-order valence-corrected chi connectivity index (χ3v) is 4.96. The molecule has 2 unspecified atom stereocenters. The van der Waals surface area contributed by atoms with Crippen molar-refractivity contribution in [3.05, 3.63) is 0 Å². The van der Waals surface area contributed by atoms with E-state index in [0.717, 1.165) is 12.3 Å². The maximum atomic E-state index is 11.6. The number of piperidine rings is 1. The van der Waals surface area contributed by atoms with E-state index in [0.29, 0.717) is 25.5 Å². The lowest BCUT2D eigenvalue weighted by Gasteiger charge is -2.25. The minimum Gasteiger partial charge on any atom is -0.381 e. The number of carbonyl (C=O) groups is 3. The summed E-state index contributed by atoms with van der Waals surface area (Å²) in [5.41, 5.74) is 4.57. The van der Waals surface area contributed by atoms with E-state index < -0.39 is 11.4 Å². The highest BCUT2D eigenvalue weighted by molar-refractivity contribution is 5.95. The van der Waals surface area contributed by atoms with E-state index in [1.807, 2.05) is 27.7 Å². The molecule has 0 aromatic carbocycles. The third kappa shape index (κ3) is 9.92. The van der Waals surface area contributed by atoms with Gasteiger partial charge in [0.15, 0.2) is 0 Å². The second kappa shape index (κ2) is 17.1. The quantitative estimate of drug-likeness (QED) is 0.653. The molecule has 1 heterocycles. The van der Waals surface area contributed by atoms with Crippen molar-refractivity contribution in [3.63, 3.8) is 0 Å². The zero-order valence-corrected chi connectivity index (χ0v) is 20.6. The highest BCUT2D eigenvalue weighted by Gasteiger charge is 2.67. The van der Waals surface area contributed by atoms with Crippen molar-refractivity contribution in [3.8, 4) is 0 Å². The van der Waals surface area contributed by atoms with Gasteiger partial charge in [0.25, 0.3) is 0 Å². The Labute approximate surface area is 184 Å². The van der Waals surface area contributed by atoms with Gasteiger partial charge in [0.05, 0.1) is 12.6 Å². The summed E-state index contributed by atoms with van der Waals surface area (Å²) in [4.78, 5) is 34.5. The van der Waals surface area contributed by atoms with Gasteiger partial charge in [-0.15, -0.1) is 0 Å². The van der Waals surface area contributed by atoms with E-state index in [-0.39, 0.29) is 18.4 Å². The number of amides is 3. The Morgan fingerprint density at radius 2 is 1.63 bits per heavy atom. The summed E-state index contributed by atoms with van der Waals surface area (Å²) in [6, 6.07) is 0. The van der Waals surface area contributed by atoms with Gasteiger partial charge in [-0.3, -0.25) is 14.4 Å². The second-order valence-corrected chi connectivity index (χ2v) is 7.90. The molecular weight excluding hydrogens is 382 g/mol. The minimum atomic E-state index is -0.734. The van der Waals surface area contributed by atoms with E-state index in [2.05, 4.69) is 26.1 Å². The fraction of sp³-hybridized carbons (Fsp3) is 0.870. The van der Waals surface area contributed by atoms with Gasteiger partial charge in [-0.2, -0.15) is 0 Å². The Hall–Kier alpha value is -1.63. The molecule has 1 saturated heterocycles. The number of carbonyl (C=O) groups excluding carboxylic acids is 3. The van der Waals surface area contributed by atoms with Crippen LogP contribution < -0.4 is 11.1 Å². The monoisotopic (exact) mass is 429 g/mol. The van der Waals surface area contributed by atoms with Crippen LogP contribution in [0.15, 0.2) is 0 Å². The smallest absolute Gasteiger partial charge is 0.243 e. The van der Waals surface area contributed by atoms with E-state index in [4.69, 9.17) is 10.5 Å². The zero-order valence-electron chi connectivity index (χ0n) is 20.6. The molecule has 3 rings (SSSR count). The van der Waals surface area contributed by atoms with Crippen LogP contribution >= 0.6 is 0 Å². The molecule has 7 nitrogen and oxygen atoms in total. The zero-order chi connectivity index (χ0) is 23.7. The highest BCUT2D eigenvalue weighted by atomic mass is 16.5. The predicted octanol–water partition coefficient (Wildman–Crippen LogP) is 3.50. The molecule has 3 N–H and O–H groups in total. The van der Waals surface area contributed by atoms with Crippen LogP contribution in [0, 0.1) is 11.8 Å². The summed E-state index contributed by atoms with van der Waals surface area (Å²) in [5, 5.41) is 2.30. The lowest BCUT2D eigenvalue weighted by molar-refractivity contribution is -0.139. The first-order valence-electron chi connectivity index (χ1n) is 11.6. The molecule has 0 aromatic rings. The molecule has 2 atom stereocenters. The molecule has 3 aliphatic rings. The molecule has 178 valence electrons. The van der Waals surface area contributed by atoms with E-state index in [9.17, 15) is 14.4 Å². The van der Waals surface area contributed by atoms with Gasteiger partial charge in [0.1, 0.15) is 5.54 Å². The molecule has 2 saturated carbocycles. The number of nitrogens with two attached hydrogens (primary N) is 1. The molecular formula is C23H47N3O4. The summed E-state index contributed by atoms with van der Waals surface area (Å²) in [7, 11) is 1.80. The first-order chi connectivity index (χ1) is 14.3. The van der Waals surface area contributed by atoms with E-state index in [1.165, 1.54) is 30.6 Å².